The molecule has 178 valence electrons. The number of hydrogen-bond donors (Lipinski definition) is 2. The average Bonchev–Trinajstić information content (AvgIpc) is 2.79. The number of anilines is 2. The van der Waals surface area contributed by atoms with Crippen molar-refractivity contribution in [2.45, 2.75) is 20.4 Å². The minimum atomic E-state index is -0.192. The third-order valence-electron chi connectivity index (χ3n) is 6.63. The maximum Gasteiger partial charge on any atom is 0.253 e. The van der Waals surface area contributed by atoms with Crippen molar-refractivity contribution < 1.29 is 4.79 Å². The first-order valence-corrected chi connectivity index (χ1v) is 11.7. The van der Waals surface area contributed by atoms with Gasteiger partial charge in [0.25, 0.3) is 11.5 Å². The quantitative estimate of drug-likeness (QED) is 0.693. The molecule has 0 bridgehead atoms. The smallest absolute Gasteiger partial charge is 0.253 e. The van der Waals surface area contributed by atoms with E-state index >= 15 is 0 Å². The molecule has 0 radical (unpaired) electrons. The number of rotatable bonds is 5. The Kier molecular flexibility index (Phi) is 6.99. The van der Waals surface area contributed by atoms with Gasteiger partial charge in [0, 0.05) is 75.7 Å². The van der Waals surface area contributed by atoms with Gasteiger partial charge in [-0.2, -0.15) is 0 Å². The zero-order chi connectivity index (χ0) is 23.5. The van der Waals surface area contributed by atoms with Crippen molar-refractivity contribution in [3.63, 3.8) is 0 Å². The number of pyridine rings is 2. The molecule has 0 atom stereocenters. The third-order valence-corrected chi connectivity index (χ3v) is 6.63. The van der Waals surface area contributed by atoms with E-state index in [1.807, 2.05) is 32.0 Å². The first-order chi connectivity index (χ1) is 15.8. The zero-order valence-electron chi connectivity index (χ0n) is 20.1. The molecule has 0 aromatic carbocycles. The predicted octanol–water partition coefficient (Wildman–Crippen LogP) is 0.820. The molecule has 1 amide bonds. The first kappa shape index (κ1) is 23.3. The van der Waals surface area contributed by atoms with Gasteiger partial charge in [0.2, 0.25) is 0 Å². The van der Waals surface area contributed by atoms with E-state index in [0.717, 1.165) is 75.3 Å². The maximum absolute atomic E-state index is 13.2. The van der Waals surface area contributed by atoms with E-state index in [2.05, 4.69) is 44.0 Å². The largest absolute Gasteiger partial charge is 0.354 e. The van der Waals surface area contributed by atoms with Crippen LogP contribution < -0.4 is 20.7 Å². The Balaban J connectivity index is 1.57. The lowest BCUT2D eigenvalue weighted by molar-refractivity contribution is 0.0950. The monoisotopic (exact) mass is 453 g/mol. The molecule has 4 heterocycles. The number of piperazine rings is 2. The van der Waals surface area contributed by atoms with E-state index in [1.54, 1.807) is 0 Å². The molecular weight excluding hydrogens is 418 g/mol. The zero-order valence-corrected chi connectivity index (χ0v) is 20.1. The fourth-order valence-electron chi connectivity index (χ4n) is 4.40. The molecular formula is C24H35N7O2. The highest BCUT2D eigenvalue weighted by atomic mass is 16.1. The summed E-state index contributed by atoms with van der Waals surface area (Å²) in [4.78, 5) is 42.4. The van der Waals surface area contributed by atoms with Crippen LogP contribution in [0, 0.1) is 13.8 Å². The van der Waals surface area contributed by atoms with Gasteiger partial charge < -0.3 is 29.9 Å². The lowest BCUT2D eigenvalue weighted by Gasteiger charge is -2.36. The molecule has 9 heteroatoms. The number of nitrogens with zero attached hydrogens (tertiary/aromatic N) is 5. The lowest BCUT2D eigenvalue weighted by atomic mass is 10.1. The minimum Gasteiger partial charge on any atom is -0.354 e. The predicted molar refractivity (Wildman–Crippen MR) is 131 cm³/mol. The van der Waals surface area contributed by atoms with Gasteiger partial charge in [0.1, 0.15) is 11.6 Å². The molecule has 0 unspecified atom stereocenters. The Hall–Kier alpha value is -2.91. The topological polar surface area (TPSA) is 87.8 Å². The molecule has 2 aromatic heterocycles. The molecule has 2 fully saturated rings. The van der Waals surface area contributed by atoms with Gasteiger partial charge >= 0.3 is 0 Å². The fraction of sp³-hybridized carbons (Fsp3) is 0.542. The Labute approximate surface area is 195 Å². The molecule has 2 aromatic rings. The summed E-state index contributed by atoms with van der Waals surface area (Å²) in [6.07, 6.45) is 0. The van der Waals surface area contributed by atoms with Crippen molar-refractivity contribution in [2.24, 2.45) is 0 Å². The van der Waals surface area contributed by atoms with Crippen molar-refractivity contribution >= 4 is 17.5 Å². The van der Waals surface area contributed by atoms with Crippen molar-refractivity contribution in [3.05, 3.63) is 50.9 Å². The highest BCUT2D eigenvalue weighted by Crippen LogP contribution is 2.23. The van der Waals surface area contributed by atoms with E-state index in [0.29, 0.717) is 11.1 Å². The van der Waals surface area contributed by atoms with Crippen LogP contribution in [0.25, 0.3) is 0 Å². The SMILES string of the molecule is Cc1cc(C)c(CNC(=O)c2cc(N3CCN(C)CC3)nc(N3CCN(C)CC3)c2)c(=O)[nH]1. The fourth-order valence-corrected chi connectivity index (χ4v) is 4.40. The van der Waals surface area contributed by atoms with Crippen LogP contribution in [0.3, 0.4) is 0 Å². The number of H-pyrrole nitrogens is 1. The van der Waals surface area contributed by atoms with Crippen LogP contribution in [0.1, 0.15) is 27.2 Å². The Morgan fingerprint density at radius 3 is 1.91 bits per heavy atom. The van der Waals surface area contributed by atoms with Crippen molar-refractivity contribution in [2.75, 3.05) is 76.3 Å². The first-order valence-electron chi connectivity index (χ1n) is 11.7. The summed E-state index contributed by atoms with van der Waals surface area (Å²) in [6, 6.07) is 5.69. The van der Waals surface area contributed by atoms with Crippen molar-refractivity contribution in [1.82, 2.24) is 25.1 Å². The molecule has 0 saturated carbocycles. The van der Waals surface area contributed by atoms with Crippen LogP contribution in [0.15, 0.2) is 23.0 Å². The van der Waals surface area contributed by atoms with Gasteiger partial charge in [-0.05, 0) is 51.7 Å². The number of aromatic amines is 1. The number of likely N-dealkylation sites (N-methyl/N-ethyl adjacent to an activating group) is 2. The highest BCUT2D eigenvalue weighted by Gasteiger charge is 2.22. The number of aryl methyl sites for hydroxylation is 2. The second-order valence-electron chi connectivity index (χ2n) is 9.28. The van der Waals surface area contributed by atoms with Crippen molar-refractivity contribution in [1.29, 1.82) is 0 Å². The van der Waals surface area contributed by atoms with Crippen LogP contribution in [0.4, 0.5) is 11.6 Å². The van der Waals surface area contributed by atoms with Crippen LogP contribution >= 0.6 is 0 Å². The van der Waals surface area contributed by atoms with E-state index in [-0.39, 0.29) is 18.0 Å². The number of nitrogens with one attached hydrogen (secondary N) is 2. The molecule has 0 aliphatic carbocycles. The Bertz CT molecular complexity index is 1010. The average molecular weight is 454 g/mol. The summed E-state index contributed by atoms with van der Waals surface area (Å²) in [5.74, 6) is 1.49. The Morgan fingerprint density at radius 1 is 0.909 bits per heavy atom. The lowest BCUT2D eigenvalue weighted by Crippen LogP contribution is -2.46. The van der Waals surface area contributed by atoms with Gasteiger partial charge in [-0.1, -0.05) is 0 Å². The van der Waals surface area contributed by atoms with Crippen LogP contribution in [-0.4, -0.2) is 92.1 Å². The number of carbonyl (C=O) groups excluding carboxylic acids is 1. The molecule has 2 aliphatic heterocycles. The van der Waals surface area contributed by atoms with Crippen LogP contribution in [-0.2, 0) is 6.54 Å². The van der Waals surface area contributed by atoms with E-state index in [1.165, 1.54) is 0 Å². The van der Waals surface area contributed by atoms with Crippen LogP contribution in [0.2, 0.25) is 0 Å². The number of amides is 1. The minimum absolute atomic E-state index is 0.154. The number of hydrogen-bond acceptors (Lipinski definition) is 7. The number of aromatic nitrogens is 2. The maximum atomic E-state index is 13.2. The van der Waals surface area contributed by atoms with E-state index < -0.39 is 0 Å². The molecule has 33 heavy (non-hydrogen) atoms. The van der Waals surface area contributed by atoms with Gasteiger partial charge in [-0.15, -0.1) is 0 Å². The van der Waals surface area contributed by atoms with Gasteiger partial charge in [-0.25, -0.2) is 4.98 Å². The summed E-state index contributed by atoms with van der Waals surface area (Å²) >= 11 is 0. The molecule has 2 N–H and O–H groups in total. The summed E-state index contributed by atoms with van der Waals surface area (Å²) in [6.45, 7) is 11.4. The normalized spacial score (nSPS) is 17.9. The summed E-state index contributed by atoms with van der Waals surface area (Å²) in [5.41, 5.74) is 2.70. The Morgan fingerprint density at radius 2 is 1.42 bits per heavy atom. The molecule has 2 saturated heterocycles. The molecule has 2 aliphatic rings. The second kappa shape index (κ2) is 9.93. The van der Waals surface area contributed by atoms with Gasteiger partial charge in [0.15, 0.2) is 0 Å². The van der Waals surface area contributed by atoms with Crippen molar-refractivity contribution in [3.8, 4) is 0 Å². The third kappa shape index (κ3) is 5.54. The highest BCUT2D eigenvalue weighted by molar-refractivity contribution is 5.95. The van der Waals surface area contributed by atoms with E-state index in [4.69, 9.17) is 4.98 Å². The molecule has 0 spiro atoms. The summed E-state index contributed by atoms with van der Waals surface area (Å²) in [5, 5.41) is 2.95. The van der Waals surface area contributed by atoms with E-state index in [9.17, 15) is 9.59 Å². The molecule has 9 nitrogen and oxygen atoms in total. The van der Waals surface area contributed by atoms with Crippen LogP contribution in [0.5, 0.6) is 0 Å². The standard InChI is InChI=1S/C24H35N7O2/c1-17-13-18(2)26-24(33)20(17)16-25-23(32)19-14-21(30-9-5-28(3)6-10-30)27-22(15-19)31-11-7-29(4)8-12-31/h13-15H,5-12,16H2,1-4H3,(H,25,32)(H,26,33). The summed E-state index contributed by atoms with van der Waals surface area (Å²) in [7, 11) is 4.25. The summed E-state index contributed by atoms with van der Waals surface area (Å²) < 4.78 is 0. The second-order valence-corrected chi connectivity index (χ2v) is 9.28. The molecule has 4 rings (SSSR count). The van der Waals surface area contributed by atoms with Gasteiger partial charge in [0.05, 0.1) is 0 Å². The number of carbonyl (C=O) groups is 1. The van der Waals surface area contributed by atoms with Gasteiger partial charge in [-0.3, -0.25) is 9.59 Å².